The molecule has 2 rings (SSSR count). The number of amides is 1. The fourth-order valence-corrected chi connectivity index (χ4v) is 3.07. The van der Waals surface area contributed by atoms with Gasteiger partial charge in [0.2, 0.25) is 0 Å². The van der Waals surface area contributed by atoms with Crippen molar-refractivity contribution in [1.82, 2.24) is 0 Å². The average Bonchev–Trinajstić information content (AvgIpc) is 2.66. The van der Waals surface area contributed by atoms with Crippen molar-refractivity contribution in [1.29, 1.82) is 0 Å². The van der Waals surface area contributed by atoms with E-state index in [-0.39, 0.29) is 28.3 Å². The number of benzene rings is 2. The van der Waals surface area contributed by atoms with E-state index in [4.69, 9.17) is 9.47 Å². The zero-order valence-electron chi connectivity index (χ0n) is 16.2. The number of aryl methyl sites for hydroxylation is 1. The van der Waals surface area contributed by atoms with Crippen molar-refractivity contribution in [2.75, 3.05) is 24.8 Å². The molecule has 0 fully saturated rings. The van der Waals surface area contributed by atoms with Gasteiger partial charge in [0.25, 0.3) is 5.91 Å². The molecule has 1 N–H and O–H groups in total. The summed E-state index contributed by atoms with van der Waals surface area (Å²) in [6, 6.07) is 10.4. The number of nitrogens with one attached hydrogen (secondary N) is 1. The molecule has 0 aliphatic heterocycles. The number of carbonyl (C=O) groups excluding carboxylic acids is 3. The number of ether oxygens (including phenoxy) is 2. The maximum Gasteiger partial charge on any atom is 0.340 e. The van der Waals surface area contributed by atoms with Crippen molar-refractivity contribution in [3.05, 3.63) is 59.2 Å². The van der Waals surface area contributed by atoms with E-state index in [1.165, 1.54) is 30.3 Å². The summed E-state index contributed by atoms with van der Waals surface area (Å²) in [5.74, 6) is -2.08. The maximum absolute atomic E-state index is 12.3. The van der Waals surface area contributed by atoms with Gasteiger partial charge in [-0.2, -0.15) is 0 Å². The fraction of sp³-hybridized carbons (Fsp3) is 0.250. The number of rotatable bonds is 7. The van der Waals surface area contributed by atoms with Gasteiger partial charge in [0.15, 0.2) is 16.4 Å². The molecule has 2 aromatic carbocycles. The molecule has 0 atom stereocenters. The van der Waals surface area contributed by atoms with Crippen LogP contribution in [0.5, 0.6) is 0 Å². The average molecular weight is 419 g/mol. The molecule has 0 heterocycles. The fourth-order valence-electron chi connectivity index (χ4n) is 2.43. The molecule has 29 heavy (non-hydrogen) atoms. The third-order valence-electron chi connectivity index (χ3n) is 3.89. The van der Waals surface area contributed by atoms with Gasteiger partial charge in [-0.3, -0.25) is 4.79 Å². The summed E-state index contributed by atoms with van der Waals surface area (Å²) in [6.45, 7) is 2.86. The summed E-state index contributed by atoms with van der Waals surface area (Å²) in [5.41, 5.74) is 0.955. The van der Waals surface area contributed by atoms with E-state index in [1.807, 2.05) is 0 Å². The minimum absolute atomic E-state index is 0.0251. The van der Waals surface area contributed by atoms with Crippen molar-refractivity contribution >= 4 is 33.4 Å². The number of hydrogen-bond donors (Lipinski definition) is 1. The molecule has 0 spiro atoms. The van der Waals surface area contributed by atoms with Crippen molar-refractivity contribution in [2.24, 2.45) is 0 Å². The van der Waals surface area contributed by atoms with Crippen LogP contribution in [0.2, 0.25) is 0 Å². The number of esters is 2. The summed E-state index contributed by atoms with van der Waals surface area (Å²) in [7, 11) is -3.50. The van der Waals surface area contributed by atoms with Gasteiger partial charge in [-0.15, -0.1) is 0 Å². The highest BCUT2D eigenvalue weighted by molar-refractivity contribution is 7.90. The smallest absolute Gasteiger partial charge is 0.340 e. The van der Waals surface area contributed by atoms with Crippen LogP contribution in [-0.2, 0) is 24.1 Å². The van der Waals surface area contributed by atoms with Gasteiger partial charge in [0.05, 0.1) is 28.3 Å². The molecule has 154 valence electrons. The lowest BCUT2D eigenvalue weighted by molar-refractivity contribution is -0.119. The summed E-state index contributed by atoms with van der Waals surface area (Å²) < 4.78 is 33.3. The number of anilines is 1. The first-order chi connectivity index (χ1) is 13.6. The van der Waals surface area contributed by atoms with Crippen LogP contribution in [0.25, 0.3) is 0 Å². The third-order valence-corrected chi connectivity index (χ3v) is 5.00. The molecule has 0 bridgehead atoms. The topological polar surface area (TPSA) is 116 Å². The quantitative estimate of drug-likeness (QED) is 0.685. The monoisotopic (exact) mass is 419 g/mol. The molecule has 2 aromatic rings. The Hall–Kier alpha value is -3.20. The number of para-hydroxylation sites is 1. The highest BCUT2D eigenvalue weighted by Gasteiger charge is 2.18. The van der Waals surface area contributed by atoms with Crippen molar-refractivity contribution in [3.8, 4) is 0 Å². The van der Waals surface area contributed by atoms with Gasteiger partial charge in [-0.25, -0.2) is 18.0 Å². The second kappa shape index (κ2) is 9.33. The zero-order valence-corrected chi connectivity index (χ0v) is 17.0. The van der Waals surface area contributed by atoms with Gasteiger partial charge in [0, 0.05) is 6.26 Å². The minimum atomic E-state index is -3.50. The molecule has 0 unspecified atom stereocenters. The van der Waals surface area contributed by atoms with E-state index in [2.05, 4.69) is 5.32 Å². The number of hydrogen-bond acceptors (Lipinski definition) is 7. The Kier molecular flexibility index (Phi) is 7.11. The molecule has 0 radical (unpaired) electrons. The van der Waals surface area contributed by atoms with Crippen molar-refractivity contribution < 1.29 is 32.3 Å². The van der Waals surface area contributed by atoms with Gasteiger partial charge in [-0.05, 0) is 43.7 Å². The van der Waals surface area contributed by atoms with E-state index in [0.717, 1.165) is 6.26 Å². The van der Waals surface area contributed by atoms with Gasteiger partial charge in [-0.1, -0.05) is 18.2 Å². The van der Waals surface area contributed by atoms with Crippen LogP contribution in [0, 0.1) is 6.92 Å². The predicted molar refractivity (Wildman–Crippen MR) is 106 cm³/mol. The zero-order chi connectivity index (χ0) is 21.6. The highest BCUT2D eigenvalue weighted by atomic mass is 32.2. The Morgan fingerprint density at radius 2 is 1.62 bits per heavy atom. The standard InChI is InChI=1S/C20H21NO7S/c1-4-27-19(23)15-7-5-6-8-17(15)21-18(22)12-28-20(24)16-11-14(29(3,25)26)10-9-13(16)2/h5-11H,4,12H2,1-3H3,(H,21,22). The first-order valence-corrected chi connectivity index (χ1v) is 10.6. The Morgan fingerprint density at radius 1 is 0.966 bits per heavy atom. The third kappa shape index (κ3) is 5.89. The largest absolute Gasteiger partial charge is 0.462 e. The Labute approximate surface area is 168 Å². The van der Waals surface area contributed by atoms with Crippen LogP contribution < -0.4 is 5.32 Å². The van der Waals surface area contributed by atoms with Crippen LogP contribution in [0.3, 0.4) is 0 Å². The second-order valence-corrected chi connectivity index (χ2v) is 8.15. The number of sulfone groups is 1. The van der Waals surface area contributed by atoms with E-state index >= 15 is 0 Å². The van der Waals surface area contributed by atoms with E-state index in [0.29, 0.717) is 5.56 Å². The van der Waals surface area contributed by atoms with Crippen LogP contribution >= 0.6 is 0 Å². The molecule has 1 amide bonds. The molecule has 0 aliphatic rings. The SMILES string of the molecule is CCOC(=O)c1ccccc1NC(=O)COC(=O)c1cc(S(C)(=O)=O)ccc1C. The molecule has 0 aliphatic carbocycles. The Balaban J connectivity index is 2.07. The molecule has 0 saturated carbocycles. The van der Waals surface area contributed by atoms with Crippen LogP contribution in [0.15, 0.2) is 47.4 Å². The van der Waals surface area contributed by atoms with Gasteiger partial charge in [0.1, 0.15) is 0 Å². The van der Waals surface area contributed by atoms with Crippen molar-refractivity contribution in [3.63, 3.8) is 0 Å². The number of carbonyl (C=O) groups is 3. The molecule has 0 aromatic heterocycles. The van der Waals surface area contributed by atoms with Crippen LogP contribution in [0.1, 0.15) is 33.2 Å². The lowest BCUT2D eigenvalue weighted by Gasteiger charge is -2.11. The summed E-state index contributed by atoms with van der Waals surface area (Å²) in [5, 5.41) is 2.49. The molecular weight excluding hydrogens is 398 g/mol. The lowest BCUT2D eigenvalue weighted by atomic mass is 10.1. The molecule has 8 nitrogen and oxygen atoms in total. The van der Waals surface area contributed by atoms with Crippen LogP contribution in [-0.4, -0.2) is 45.7 Å². The molecule has 0 saturated heterocycles. The second-order valence-electron chi connectivity index (χ2n) is 6.14. The Bertz CT molecular complexity index is 1040. The predicted octanol–water partition coefficient (Wildman–Crippen LogP) is 2.37. The lowest BCUT2D eigenvalue weighted by Crippen LogP contribution is -2.22. The van der Waals surface area contributed by atoms with Crippen molar-refractivity contribution in [2.45, 2.75) is 18.7 Å². The van der Waals surface area contributed by atoms with Gasteiger partial charge >= 0.3 is 11.9 Å². The van der Waals surface area contributed by atoms with E-state index in [1.54, 1.807) is 26.0 Å². The molecule has 9 heteroatoms. The summed E-state index contributed by atoms with van der Waals surface area (Å²) in [6.07, 6.45) is 1.03. The van der Waals surface area contributed by atoms with E-state index < -0.39 is 34.3 Å². The van der Waals surface area contributed by atoms with E-state index in [9.17, 15) is 22.8 Å². The Morgan fingerprint density at radius 3 is 2.28 bits per heavy atom. The first kappa shape index (κ1) is 22.1. The molecular formula is C20H21NO7S. The summed E-state index contributed by atoms with van der Waals surface area (Å²) in [4.78, 5) is 36.4. The normalized spacial score (nSPS) is 10.9. The van der Waals surface area contributed by atoms with Gasteiger partial charge < -0.3 is 14.8 Å². The minimum Gasteiger partial charge on any atom is -0.462 e. The summed E-state index contributed by atoms with van der Waals surface area (Å²) >= 11 is 0. The first-order valence-electron chi connectivity index (χ1n) is 8.67. The highest BCUT2D eigenvalue weighted by Crippen LogP contribution is 2.18. The van der Waals surface area contributed by atoms with Crippen LogP contribution in [0.4, 0.5) is 5.69 Å². The maximum atomic E-state index is 12.3.